The summed E-state index contributed by atoms with van der Waals surface area (Å²) in [5.74, 6) is -0.0145. The van der Waals surface area contributed by atoms with Gasteiger partial charge in [0.1, 0.15) is 10.7 Å². The van der Waals surface area contributed by atoms with Gasteiger partial charge in [-0.2, -0.15) is 18.4 Å². The molecule has 0 saturated carbocycles. The summed E-state index contributed by atoms with van der Waals surface area (Å²) in [5, 5.41) is 4.23. The molecule has 4 nitrogen and oxygen atoms in total. The third kappa shape index (κ3) is 5.57. The highest BCUT2D eigenvalue weighted by Gasteiger charge is 2.18. The van der Waals surface area contributed by atoms with Crippen molar-refractivity contribution in [3.63, 3.8) is 0 Å². The van der Waals surface area contributed by atoms with Gasteiger partial charge in [0.15, 0.2) is 0 Å². The van der Waals surface area contributed by atoms with E-state index in [0.717, 1.165) is 0 Å². The molecule has 1 N–H and O–H groups in total. The fourth-order valence-electron chi connectivity index (χ4n) is 1.99. The van der Waals surface area contributed by atoms with Crippen LogP contribution in [0.3, 0.4) is 0 Å². The zero-order valence-corrected chi connectivity index (χ0v) is 15.9. The molecule has 0 atom stereocenters. The summed E-state index contributed by atoms with van der Waals surface area (Å²) in [6.07, 6.45) is 0.998. The van der Waals surface area contributed by atoms with E-state index in [1.807, 2.05) is 0 Å². The third-order valence-corrected chi connectivity index (χ3v) is 5.40. The van der Waals surface area contributed by atoms with Crippen molar-refractivity contribution in [3.8, 4) is 0 Å². The van der Waals surface area contributed by atoms with Crippen molar-refractivity contribution in [3.05, 3.63) is 63.9 Å². The Bertz CT molecular complexity index is 871. The quantitative estimate of drug-likeness (QED) is 0.394. The van der Waals surface area contributed by atoms with Crippen molar-refractivity contribution in [2.24, 2.45) is 5.10 Å². The largest absolute Gasteiger partial charge is 0.278 e. The molecule has 0 fully saturated rings. The minimum absolute atomic E-state index is 0.0243. The monoisotopic (exact) mass is 422 g/mol. The molecule has 25 heavy (non-hydrogen) atoms. The number of hydrogen-bond donors (Lipinski definition) is 1. The Morgan fingerprint density at radius 3 is 2.44 bits per heavy atom. The van der Waals surface area contributed by atoms with Gasteiger partial charge in [-0.15, -0.1) is 11.6 Å². The number of hydrazone groups is 1. The maximum Gasteiger partial charge on any atom is 0.278 e. The fourth-order valence-corrected chi connectivity index (χ4v) is 3.72. The number of sulfonamides is 1. The molecule has 0 aliphatic carbocycles. The lowest BCUT2D eigenvalue weighted by Gasteiger charge is -2.09. The van der Waals surface area contributed by atoms with Crippen molar-refractivity contribution in [2.45, 2.75) is 17.7 Å². The molecule has 0 aromatic heterocycles. The van der Waals surface area contributed by atoms with Crippen LogP contribution in [0.4, 0.5) is 4.39 Å². The van der Waals surface area contributed by atoms with E-state index in [2.05, 4.69) is 9.93 Å². The van der Waals surface area contributed by atoms with Crippen LogP contribution < -0.4 is 4.83 Å². The Morgan fingerprint density at radius 1 is 1.12 bits per heavy atom. The van der Waals surface area contributed by atoms with Gasteiger partial charge in [-0.1, -0.05) is 35.3 Å². The van der Waals surface area contributed by atoms with Crippen molar-refractivity contribution in [1.29, 1.82) is 0 Å². The molecule has 2 aromatic carbocycles. The van der Waals surface area contributed by atoms with E-state index in [0.29, 0.717) is 30.0 Å². The van der Waals surface area contributed by atoms with Gasteiger partial charge in [0, 0.05) is 10.9 Å². The Hall–Kier alpha value is -1.34. The van der Waals surface area contributed by atoms with Crippen LogP contribution in [-0.4, -0.2) is 20.0 Å². The molecule has 2 aromatic rings. The second-order valence-corrected chi connectivity index (χ2v) is 7.88. The summed E-state index contributed by atoms with van der Waals surface area (Å²) in [7, 11) is -4.01. The smallest absolute Gasteiger partial charge is 0.207 e. The molecule has 0 amide bonds. The first-order valence-electron chi connectivity index (χ1n) is 7.19. The van der Waals surface area contributed by atoms with Gasteiger partial charge in [-0.3, -0.25) is 0 Å². The summed E-state index contributed by atoms with van der Waals surface area (Å²) in [5.41, 5.74) is 1.02. The van der Waals surface area contributed by atoms with Crippen LogP contribution in [0.5, 0.6) is 0 Å². The number of rotatable bonds is 7. The number of alkyl halides is 1. The Kier molecular flexibility index (Phi) is 7.07. The predicted molar refractivity (Wildman–Crippen MR) is 99.7 cm³/mol. The zero-order chi connectivity index (χ0) is 18.4. The topological polar surface area (TPSA) is 58.5 Å². The molecule has 0 spiro atoms. The maximum atomic E-state index is 13.1. The molecule has 0 radical (unpaired) electrons. The standard InChI is InChI=1S/C16H14Cl3FN2O2S/c17-9-1-2-15(11-3-6-13(20)7-4-11)21-22-25(23,24)16-10-12(18)5-8-14(16)19/h3-8,10,22H,1-2,9H2/b21-15+. The summed E-state index contributed by atoms with van der Waals surface area (Å²) in [6, 6.07) is 9.68. The van der Waals surface area contributed by atoms with E-state index in [4.69, 9.17) is 34.8 Å². The first-order chi connectivity index (χ1) is 11.8. The van der Waals surface area contributed by atoms with Gasteiger partial charge in [-0.25, -0.2) is 4.39 Å². The van der Waals surface area contributed by atoms with Gasteiger partial charge >= 0.3 is 0 Å². The minimum atomic E-state index is -4.01. The average molecular weight is 424 g/mol. The van der Waals surface area contributed by atoms with Crippen LogP contribution in [0, 0.1) is 5.82 Å². The van der Waals surface area contributed by atoms with E-state index < -0.39 is 15.8 Å². The number of nitrogens with zero attached hydrogens (tertiary/aromatic N) is 1. The molecule has 0 saturated heterocycles. The minimum Gasteiger partial charge on any atom is -0.207 e. The number of benzene rings is 2. The second-order valence-electron chi connectivity index (χ2n) is 5.03. The van der Waals surface area contributed by atoms with Crippen LogP contribution in [-0.2, 0) is 10.0 Å². The molecule has 0 bridgehead atoms. The molecule has 0 heterocycles. The maximum absolute atomic E-state index is 13.1. The lowest BCUT2D eigenvalue weighted by molar-refractivity contribution is 0.584. The highest BCUT2D eigenvalue weighted by atomic mass is 35.5. The number of hydrogen-bond acceptors (Lipinski definition) is 3. The molecule has 9 heteroatoms. The molecule has 0 unspecified atom stereocenters. The number of nitrogens with one attached hydrogen (secondary N) is 1. The van der Waals surface area contributed by atoms with Gasteiger partial charge in [0.05, 0.1) is 10.7 Å². The second kappa shape index (κ2) is 8.85. The summed E-state index contributed by atoms with van der Waals surface area (Å²) in [4.78, 5) is 1.97. The molecular formula is C16H14Cl3FN2O2S. The van der Waals surface area contributed by atoms with Crippen LogP contribution in [0.15, 0.2) is 52.5 Å². The van der Waals surface area contributed by atoms with Crippen molar-refractivity contribution in [1.82, 2.24) is 4.83 Å². The lowest BCUT2D eigenvalue weighted by atomic mass is 10.1. The summed E-state index contributed by atoms with van der Waals surface area (Å²) >= 11 is 17.5. The Morgan fingerprint density at radius 2 is 1.80 bits per heavy atom. The van der Waals surface area contributed by atoms with Crippen molar-refractivity contribution in [2.75, 3.05) is 5.88 Å². The van der Waals surface area contributed by atoms with Gasteiger partial charge < -0.3 is 0 Å². The van der Waals surface area contributed by atoms with Crippen LogP contribution in [0.25, 0.3) is 0 Å². The van der Waals surface area contributed by atoms with Gasteiger partial charge in [0.25, 0.3) is 10.0 Å². The summed E-state index contributed by atoms with van der Waals surface area (Å²) < 4.78 is 37.9. The third-order valence-electron chi connectivity index (χ3n) is 3.21. The Labute approximate surface area is 160 Å². The van der Waals surface area contributed by atoms with E-state index >= 15 is 0 Å². The van der Waals surface area contributed by atoms with Crippen LogP contribution in [0.2, 0.25) is 10.0 Å². The molecule has 134 valence electrons. The fraction of sp³-hybridized carbons (Fsp3) is 0.188. The first kappa shape index (κ1) is 20.0. The number of halogens is 4. The van der Waals surface area contributed by atoms with E-state index in [1.165, 1.54) is 42.5 Å². The van der Waals surface area contributed by atoms with E-state index in [9.17, 15) is 12.8 Å². The van der Waals surface area contributed by atoms with Crippen molar-refractivity contribution < 1.29 is 12.8 Å². The highest BCUT2D eigenvalue weighted by molar-refractivity contribution is 7.89. The SMILES string of the molecule is O=S(=O)(N/N=C(\CCCCl)c1ccc(F)cc1)c1cc(Cl)ccc1Cl. The van der Waals surface area contributed by atoms with Crippen molar-refractivity contribution >= 4 is 50.5 Å². The Balaban J connectivity index is 2.33. The molecule has 0 aliphatic heterocycles. The molecular weight excluding hydrogens is 410 g/mol. The highest BCUT2D eigenvalue weighted by Crippen LogP contribution is 2.24. The van der Waals surface area contributed by atoms with Gasteiger partial charge in [-0.05, 0) is 48.7 Å². The normalized spacial score (nSPS) is 12.2. The summed E-state index contributed by atoms with van der Waals surface area (Å²) in [6.45, 7) is 0. The predicted octanol–water partition coefficient (Wildman–Crippen LogP) is 4.83. The van der Waals surface area contributed by atoms with Crippen LogP contribution >= 0.6 is 34.8 Å². The van der Waals surface area contributed by atoms with E-state index in [-0.39, 0.29) is 14.9 Å². The molecule has 0 aliphatic rings. The zero-order valence-electron chi connectivity index (χ0n) is 12.8. The molecule has 2 rings (SSSR count). The first-order valence-corrected chi connectivity index (χ1v) is 9.96. The average Bonchev–Trinajstić information content (AvgIpc) is 2.58. The van der Waals surface area contributed by atoms with E-state index in [1.54, 1.807) is 0 Å². The van der Waals surface area contributed by atoms with Gasteiger partial charge in [0.2, 0.25) is 0 Å². The lowest BCUT2D eigenvalue weighted by Crippen LogP contribution is -2.21. The van der Waals surface area contributed by atoms with Crippen LogP contribution in [0.1, 0.15) is 18.4 Å².